The van der Waals surface area contributed by atoms with E-state index in [2.05, 4.69) is 55.0 Å². The monoisotopic (exact) mass is 420 g/mol. The number of halogens is 2. The second-order valence-corrected chi connectivity index (χ2v) is 6.04. The molecule has 1 aromatic carbocycles. The maximum Gasteiger partial charge on any atom is 0.152 e. The van der Waals surface area contributed by atoms with Gasteiger partial charge in [-0.1, -0.05) is 6.92 Å². The molecule has 0 atom stereocenters. The van der Waals surface area contributed by atoms with Crippen LogP contribution in [0.1, 0.15) is 12.6 Å². The highest BCUT2D eigenvalue weighted by Gasteiger charge is 2.13. The topological polar surface area (TPSA) is 55.9 Å². The predicted molar refractivity (Wildman–Crippen MR) is 87.1 cm³/mol. The molecule has 0 aliphatic rings. The first kappa shape index (κ1) is 13.7. The number of nitrogens with two attached hydrogens (primary N) is 1. The second kappa shape index (κ2) is 5.48. The van der Waals surface area contributed by atoms with E-state index in [0.717, 1.165) is 31.7 Å². The van der Waals surface area contributed by atoms with E-state index in [1.54, 1.807) is 4.68 Å². The summed E-state index contributed by atoms with van der Waals surface area (Å²) in [4.78, 5) is 0. The van der Waals surface area contributed by atoms with Crippen molar-refractivity contribution in [3.63, 3.8) is 0 Å². The Morgan fingerprint density at radius 2 is 2.22 bits per heavy atom. The van der Waals surface area contributed by atoms with Crippen molar-refractivity contribution in [3.8, 4) is 0 Å². The van der Waals surface area contributed by atoms with Gasteiger partial charge < -0.3 is 11.1 Å². The summed E-state index contributed by atoms with van der Waals surface area (Å²) < 4.78 is 3.94. The molecular formula is C12H14BrIN4. The molecule has 0 amide bonds. The fourth-order valence-electron chi connectivity index (χ4n) is 1.73. The van der Waals surface area contributed by atoms with Gasteiger partial charge in [0.05, 0.1) is 17.1 Å². The molecule has 0 saturated carbocycles. The largest absolute Gasteiger partial charge is 0.394 e. The summed E-state index contributed by atoms with van der Waals surface area (Å²) in [5.74, 6) is 0.828. The molecule has 1 aromatic heterocycles. The second-order valence-electron chi connectivity index (χ2n) is 3.94. The van der Waals surface area contributed by atoms with E-state index in [4.69, 9.17) is 5.73 Å². The van der Waals surface area contributed by atoms with Gasteiger partial charge in [-0.3, -0.25) is 4.68 Å². The van der Waals surface area contributed by atoms with Crippen LogP contribution in [-0.4, -0.2) is 9.78 Å². The highest BCUT2D eigenvalue weighted by atomic mass is 127. The first-order valence-electron chi connectivity index (χ1n) is 5.56. The van der Waals surface area contributed by atoms with Crippen LogP contribution in [0.25, 0.3) is 0 Å². The van der Waals surface area contributed by atoms with Crippen LogP contribution in [0.4, 0.5) is 17.2 Å². The number of hydrogen-bond acceptors (Lipinski definition) is 3. The summed E-state index contributed by atoms with van der Waals surface area (Å²) in [6, 6.07) is 6.11. The lowest BCUT2D eigenvalue weighted by Gasteiger charge is -2.10. The highest BCUT2D eigenvalue weighted by molar-refractivity contribution is 14.1. The van der Waals surface area contributed by atoms with Crippen LogP contribution in [0, 0.1) is 3.57 Å². The molecule has 2 rings (SSSR count). The van der Waals surface area contributed by atoms with E-state index in [9.17, 15) is 0 Å². The minimum atomic E-state index is 0.714. The van der Waals surface area contributed by atoms with E-state index in [-0.39, 0.29) is 0 Å². The molecule has 1 heterocycles. The van der Waals surface area contributed by atoms with Gasteiger partial charge in [0.25, 0.3) is 0 Å². The molecule has 0 radical (unpaired) electrons. The zero-order chi connectivity index (χ0) is 13.3. The molecule has 18 heavy (non-hydrogen) atoms. The third-order valence-electron chi connectivity index (χ3n) is 2.68. The molecule has 0 aliphatic carbocycles. The summed E-state index contributed by atoms with van der Waals surface area (Å²) in [5.41, 5.74) is 8.71. The number of anilines is 3. The minimum absolute atomic E-state index is 0.714. The lowest BCUT2D eigenvalue weighted by atomic mass is 10.3. The number of nitrogens with one attached hydrogen (secondary N) is 1. The zero-order valence-electron chi connectivity index (χ0n) is 10.2. The van der Waals surface area contributed by atoms with Crippen LogP contribution in [0.5, 0.6) is 0 Å². The Balaban J connectivity index is 2.39. The summed E-state index contributed by atoms with van der Waals surface area (Å²) >= 11 is 5.80. The van der Waals surface area contributed by atoms with Gasteiger partial charge in [-0.2, -0.15) is 5.10 Å². The molecule has 0 aliphatic heterocycles. The highest BCUT2D eigenvalue weighted by Crippen LogP contribution is 2.31. The van der Waals surface area contributed by atoms with E-state index in [1.165, 1.54) is 0 Å². The van der Waals surface area contributed by atoms with Crippen molar-refractivity contribution in [3.05, 3.63) is 31.9 Å². The molecule has 0 saturated heterocycles. The Hall–Kier alpha value is -0.760. The van der Waals surface area contributed by atoms with Crippen molar-refractivity contribution in [1.82, 2.24) is 9.78 Å². The molecule has 0 spiro atoms. The predicted octanol–water partition coefficient (Wildman–Crippen LogP) is 3.68. The Bertz CT molecular complexity index is 580. The van der Waals surface area contributed by atoms with Crippen LogP contribution in [0.3, 0.4) is 0 Å². The van der Waals surface area contributed by atoms with Crippen molar-refractivity contribution >= 4 is 55.7 Å². The molecule has 0 bridgehead atoms. The molecular weight excluding hydrogens is 407 g/mol. The van der Waals surface area contributed by atoms with E-state index in [1.807, 2.05) is 26.1 Å². The van der Waals surface area contributed by atoms with Crippen molar-refractivity contribution in [1.29, 1.82) is 0 Å². The van der Waals surface area contributed by atoms with Crippen LogP contribution in [0.15, 0.2) is 22.7 Å². The number of nitrogens with zero attached hydrogens (tertiary/aromatic N) is 2. The Kier molecular flexibility index (Phi) is 4.16. The summed E-state index contributed by atoms with van der Waals surface area (Å²) in [6.07, 6.45) is 0.828. The number of benzene rings is 1. The average Bonchev–Trinajstić information content (AvgIpc) is 2.61. The fourth-order valence-corrected chi connectivity index (χ4v) is 2.56. The third kappa shape index (κ3) is 2.64. The van der Waals surface area contributed by atoms with Gasteiger partial charge in [0, 0.05) is 15.1 Å². The normalized spacial score (nSPS) is 10.7. The minimum Gasteiger partial charge on any atom is -0.394 e. The maximum absolute atomic E-state index is 6.09. The summed E-state index contributed by atoms with van der Waals surface area (Å²) in [7, 11) is 1.89. The number of aromatic nitrogens is 2. The van der Waals surface area contributed by atoms with Gasteiger partial charge in [-0.05, 0) is 63.1 Å². The van der Waals surface area contributed by atoms with Crippen molar-refractivity contribution in [2.45, 2.75) is 13.3 Å². The van der Waals surface area contributed by atoms with E-state index in [0.29, 0.717) is 5.69 Å². The van der Waals surface area contributed by atoms with Gasteiger partial charge >= 0.3 is 0 Å². The SMILES string of the molecule is CCc1nn(C)c(Nc2cc(I)ccc2Br)c1N. The van der Waals surface area contributed by atoms with Gasteiger partial charge in [-0.25, -0.2) is 0 Å². The molecule has 4 nitrogen and oxygen atoms in total. The lowest BCUT2D eigenvalue weighted by molar-refractivity contribution is 0.753. The summed E-state index contributed by atoms with van der Waals surface area (Å²) in [5, 5.41) is 7.72. The first-order chi connectivity index (χ1) is 8.52. The maximum atomic E-state index is 6.09. The van der Waals surface area contributed by atoms with E-state index < -0.39 is 0 Å². The van der Waals surface area contributed by atoms with E-state index >= 15 is 0 Å². The number of rotatable bonds is 3. The average molecular weight is 421 g/mol. The smallest absolute Gasteiger partial charge is 0.152 e. The van der Waals surface area contributed by atoms with Crippen molar-refractivity contribution in [2.75, 3.05) is 11.1 Å². The van der Waals surface area contributed by atoms with Gasteiger partial charge in [0.2, 0.25) is 0 Å². The van der Waals surface area contributed by atoms with Gasteiger partial charge in [0.15, 0.2) is 5.82 Å². The fraction of sp³-hybridized carbons (Fsp3) is 0.250. The standard InChI is InChI=1S/C12H14BrIN4/c1-3-9-11(15)12(18(2)17-9)16-10-6-7(14)4-5-8(10)13/h4-6,16H,3,15H2,1-2H3. The number of aryl methyl sites for hydroxylation is 2. The molecule has 0 fully saturated rings. The molecule has 2 aromatic rings. The third-order valence-corrected chi connectivity index (χ3v) is 4.04. The molecule has 96 valence electrons. The van der Waals surface area contributed by atoms with Gasteiger partial charge in [-0.15, -0.1) is 0 Å². The van der Waals surface area contributed by atoms with Crippen LogP contribution in [0.2, 0.25) is 0 Å². The zero-order valence-corrected chi connectivity index (χ0v) is 13.9. The quantitative estimate of drug-likeness (QED) is 0.744. The molecule has 0 unspecified atom stereocenters. The molecule has 6 heteroatoms. The number of nitrogen functional groups attached to an aromatic ring is 1. The van der Waals surface area contributed by atoms with Crippen LogP contribution in [-0.2, 0) is 13.5 Å². The summed E-state index contributed by atoms with van der Waals surface area (Å²) in [6.45, 7) is 2.05. The van der Waals surface area contributed by atoms with Crippen molar-refractivity contribution < 1.29 is 0 Å². The van der Waals surface area contributed by atoms with Crippen molar-refractivity contribution in [2.24, 2.45) is 7.05 Å². The van der Waals surface area contributed by atoms with Crippen LogP contribution >= 0.6 is 38.5 Å². The number of hydrogen-bond donors (Lipinski definition) is 2. The Morgan fingerprint density at radius 3 is 2.83 bits per heavy atom. The first-order valence-corrected chi connectivity index (χ1v) is 7.43. The Morgan fingerprint density at radius 1 is 1.50 bits per heavy atom. The molecule has 3 N–H and O–H groups in total. The Labute approximate surface area is 128 Å². The van der Waals surface area contributed by atoms with Crippen LogP contribution < -0.4 is 11.1 Å². The van der Waals surface area contributed by atoms with Gasteiger partial charge in [0.1, 0.15) is 0 Å². The lowest BCUT2D eigenvalue weighted by Crippen LogP contribution is -2.02.